The van der Waals surface area contributed by atoms with E-state index in [1.165, 1.54) is 96.8 Å². The molecule has 8 nitrogen and oxygen atoms in total. The van der Waals surface area contributed by atoms with E-state index in [9.17, 15) is 14.2 Å². The van der Waals surface area contributed by atoms with Crippen LogP contribution in [-0.4, -0.2) is 41.0 Å². The van der Waals surface area contributed by atoms with Gasteiger partial charge in [-0.05, 0) is 6.42 Å². The van der Waals surface area contributed by atoms with Gasteiger partial charge in [-0.3, -0.25) is 14.1 Å². The van der Waals surface area contributed by atoms with Crippen molar-refractivity contribution in [2.24, 2.45) is 0 Å². The SMILES string of the molecule is CCCCCCCCCCCCCCCCCCCCC(=O)OC(COC(C)=O)COP(=O)(O)O. The summed E-state index contributed by atoms with van der Waals surface area (Å²) in [7, 11) is -4.70. The standard InChI is InChI=1S/C26H51O8P/c1-3-4-5-6-7-8-9-10-11-12-13-14-15-16-17-18-19-20-21-26(28)34-25(22-32-24(2)27)23-33-35(29,30)31/h25H,3-23H2,1-2H3,(H2,29,30,31). The fourth-order valence-corrected chi connectivity index (χ4v) is 4.28. The lowest BCUT2D eigenvalue weighted by atomic mass is 10.0. The van der Waals surface area contributed by atoms with Gasteiger partial charge in [0.25, 0.3) is 0 Å². The van der Waals surface area contributed by atoms with E-state index >= 15 is 0 Å². The van der Waals surface area contributed by atoms with Gasteiger partial charge in [0.15, 0.2) is 6.10 Å². The van der Waals surface area contributed by atoms with Crippen molar-refractivity contribution in [3.63, 3.8) is 0 Å². The fourth-order valence-electron chi connectivity index (χ4n) is 3.92. The normalized spacial score (nSPS) is 12.5. The van der Waals surface area contributed by atoms with Gasteiger partial charge in [0.1, 0.15) is 6.61 Å². The van der Waals surface area contributed by atoms with Crippen LogP contribution in [0.25, 0.3) is 0 Å². The molecule has 0 saturated heterocycles. The maximum atomic E-state index is 12.0. The molecule has 35 heavy (non-hydrogen) atoms. The van der Waals surface area contributed by atoms with Crippen LogP contribution < -0.4 is 0 Å². The van der Waals surface area contributed by atoms with Crippen molar-refractivity contribution in [3.05, 3.63) is 0 Å². The van der Waals surface area contributed by atoms with Crippen LogP contribution in [0.2, 0.25) is 0 Å². The number of phosphoric ester groups is 1. The Morgan fingerprint density at radius 2 is 1.09 bits per heavy atom. The van der Waals surface area contributed by atoms with Crippen LogP contribution in [0.5, 0.6) is 0 Å². The molecule has 208 valence electrons. The topological polar surface area (TPSA) is 119 Å². The van der Waals surface area contributed by atoms with Crippen molar-refractivity contribution in [1.29, 1.82) is 0 Å². The lowest BCUT2D eigenvalue weighted by Gasteiger charge is -2.18. The molecule has 0 aliphatic rings. The molecule has 0 aromatic heterocycles. The number of esters is 2. The second-order valence-corrected chi connectivity index (χ2v) is 10.7. The Morgan fingerprint density at radius 3 is 1.46 bits per heavy atom. The van der Waals surface area contributed by atoms with Crippen LogP contribution in [0.1, 0.15) is 136 Å². The second-order valence-electron chi connectivity index (χ2n) is 9.46. The zero-order chi connectivity index (χ0) is 26.2. The number of phosphoric acid groups is 1. The molecule has 0 bridgehead atoms. The maximum absolute atomic E-state index is 12.0. The van der Waals surface area contributed by atoms with Gasteiger partial charge in [-0.15, -0.1) is 0 Å². The van der Waals surface area contributed by atoms with E-state index in [0.29, 0.717) is 6.42 Å². The van der Waals surface area contributed by atoms with Crippen LogP contribution in [0.3, 0.4) is 0 Å². The molecule has 0 aliphatic carbocycles. The van der Waals surface area contributed by atoms with Gasteiger partial charge in [0.2, 0.25) is 0 Å². The average molecular weight is 523 g/mol. The number of ether oxygens (including phenoxy) is 2. The van der Waals surface area contributed by atoms with E-state index in [4.69, 9.17) is 19.3 Å². The van der Waals surface area contributed by atoms with Gasteiger partial charge >= 0.3 is 19.8 Å². The lowest BCUT2D eigenvalue weighted by molar-refractivity contribution is -0.160. The van der Waals surface area contributed by atoms with E-state index < -0.39 is 32.5 Å². The van der Waals surface area contributed by atoms with Gasteiger partial charge in [-0.25, -0.2) is 4.57 Å². The zero-order valence-corrected chi connectivity index (χ0v) is 23.1. The summed E-state index contributed by atoms with van der Waals surface area (Å²) < 4.78 is 25.1. The molecule has 9 heteroatoms. The average Bonchev–Trinajstić information content (AvgIpc) is 2.79. The Labute approximate surface area is 213 Å². The Hall–Kier alpha value is -0.950. The molecule has 0 rings (SSSR count). The molecule has 1 unspecified atom stereocenters. The molecule has 1 atom stereocenters. The van der Waals surface area contributed by atoms with Crippen molar-refractivity contribution < 1.29 is 37.9 Å². The summed E-state index contributed by atoms with van der Waals surface area (Å²) in [4.78, 5) is 40.5. The van der Waals surface area contributed by atoms with Crippen LogP contribution in [0.15, 0.2) is 0 Å². The fraction of sp³-hybridized carbons (Fsp3) is 0.923. The van der Waals surface area contributed by atoms with E-state index in [1.54, 1.807) is 0 Å². The van der Waals surface area contributed by atoms with Gasteiger partial charge in [-0.1, -0.05) is 116 Å². The Balaban J connectivity index is 3.57. The quantitative estimate of drug-likeness (QED) is 0.0747. The highest BCUT2D eigenvalue weighted by Gasteiger charge is 2.22. The number of rotatable bonds is 25. The number of hydrogen-bond donors (Lipinski definition) is 2. The van der Waals surface area contributed by atoms with Crippen LogP contribution >= 0.6 is 7.82 Å². The van der Waals surface area contributed by atoms with Crippen LogP contribution in [0, 0.1) is 0 Å². The highest BCUT2D eigenvalue weighted by molar-refractivity contribution is 7.46. The predicted octanol–water partition coefficient (Wildman–Crippen LogP) is 7.00. The summed E-state index contributed by atoms with van der Waals surface area (Å²) >= 11 is 0. The predicted molar refractivity (Wildman–Crippen MR) is 138 cm³/mol. The second kappa shape index (κ2) is 23.4. The van der Waals surface area contributed by atoms with Crippen molar-refractivity contribution in [3.8, 4) is 0 Å². The largest absolute Gasteiger partial charge is 0.469 e. The summed E-state index contributed by atoms with van der Waals surface area (Å²) in [5.74, 6) is -1.07. The highest BCUT2D eigenvalue weighted by atomic mass is 31.2. The van der Waals surface area contributed by atoms with Crippen molar-refractivity contribution >= 4 is 19.8 Å². The third kappa shape index (κ3) is 27.5. The molecule has 0 amide bonds. The molecule has 0 aliphatic heterocycles. The van der Waals surface area contributed by atoms with E-state index in [0.717, 1.165) is 19.3 Å². The van der Waals surface area contributed by atoms with Crippen LogP contribution in [-0.2, 0) is 28.2 Å². The van der Waals surface area contributed by atoms with Crippen molar-refractivity contribution in [2.45, 2.75) is 142 Å². The van der Waals surface area contributed by atoms with E-state index in [1.807, 2.05) is 0 Å². The molecular formula is C26H51O8P. The molecule has 0 aromatic rings. The van der Waals surface area contributed by atoms with Gasteiger partial charge in [-0.2, -0.15) is 0 Å². The first-order valence-corrected chi connectivity index (χ1v) is 15.3. The molecular weight excluding hydrogens is 471 g/mol. The van der Waals surface area contributed by atoms with Gasteiger partial charge in [0, 0.05) is 13.3 Å². The number of carbonyl (C=O) groups is 2. The van der Waals surface area contributed by atoms with Crippen molar-refractivity contribution in [1.82, 2.24) is 0 Å². The third-order valence-electron chi connectivity index (χ3n) is 5.93. The smallest absolute Gasteiger partial charge is 0.462 e. The summed E-state index contributed by atoms with van der Waals surface area (Å²) in [5, 5.41) is 0. The zero-order valence-electron chi connectivity index (χ0n) is 22.2. The first-order chi connectivity index (χ1) is 16.7. The highest BCUT2D eigenvalue weighted by Crippen LogP contribution is 2.35. The molecule has 0 saturated carbocycles. The third-order valence-corrected chi connectivity index (χ3v) is 6.42. The van der Waals surface area contributed by atoms with Crippen LogP contribution in [0.4, 0.5) is 0 Å². The minimum Gasteiger partial charge on any atom is -0.462 e. The Morgan fingerprint density at radius 1 is 0.686 bits per heavy atom. The summed E-state index contributed by atoms with van der Waals surface area (Å²) in [6.07, 6.45) is 22.0. The number of hydrogen-bond acceptors (Lipinski definition) is 6. The summed E-state index contributed by atoms with van der Waals surface area (Å²) in [5.41, 5.74) is 0. The summed E-state index contributed by atoms with van der Waals surface area (Å²) in [6.45, 7) is 2.61. The van der Waals surface area contributed by atoms with Gasteiger partial charge < -0.3 is 19.3 Å². The molecule has 2 N–H and O–H groups in total. The minimum atomic E-state index is -4.70. The molecule has 0 heterocycles. The molecule has 0 fully saturated rings. The monoisotopic (exact) mass is 522 g/mol. The van der Waals surface area contributed by atoms with Gasteiger partial charge in [0.05, 0.1) is 6.61 Å². The van der Waals surface area contributed by atoms with Crippen molar-refractivity contribution in [2.75, 3.05) is 13.2 Å². The first kappa shape index (κ1) is 34.0. The molecule has 0 spiro atoms. The Bertz CT molecular complexity index is 564. The number of unbranched alkanes of at least 4 members (excludes halogenated alkanes) is 17. The molecule has 0 aromatic carbocycles. The minimum absolute atomic E-state index is 0.214. The summed E-state index contributed by atoms with van der Waals surface area (Å²) in [6, 6.07) is 0. The van der Waals surface area contributed by atoms with E-state index in [2.05, 4.69) is 11.4 Å². The molecule has 0 radical (unpaired) electrons. The lowest BCUT2D eigenvalue weighted by Crippen LogP contribution is -2.29. The maximum Gasteiger partial charge on any atom is 0.469 e. The Kier molecular flexibility index (Phi) is 22.8. The number of carbonyl (C=O) groups excluding carboxylic acids is 2. The van der Waals surface area contributed by atoms with E-state index in [-0.39, 0.29) is 13.0 Å². The first-order valence-electron chi connectivity index (χ1n) is 13.8.